The van der Waals surface area contributed by atoms with Crippen LogP contribution in [0.1, 0.15) is 263 Å². The molecule has 0 aromatic heterocycles. The van der Waals surface area contributed by atoms with Crippen molar-refractivity contribution in [3.05, 3.63) is 133 Å². The van der Waals surface area contributed by atoms with E-state index in [-0.39, 0.29) is 5.78 Å². The summed E-state index contributed by atoms with van der Waals surface area (Å²) in [5.41, 5.74) is 5.50. The lowest BCUT2D eigenvalue weighted by Crippen LogP contribution is -2.40. The molecule has 0 radical (unpaired) electrons. The van der Waals surface area contributed by atoms with E-state index >= 15 is 0 Å². The standard InChI is InChI=1S/C9H21N.C9H12.C8H11N.C8H16.C8H10.2C7H17N.C6H13N.C6H15N.C5H12N2.C5H11NO.C5H13N.C4H8F3N.C4H9NO.C4H11N.C4H9N.2C3H9N.C3H7N/c1-4-6-8-10(3)9-7-5-2;1-3-9-6-4-8(2)5-7-9;1-9-7-8-5-3-2-4-6-8;2*1-2-8-6-4-3-5-7-8;1-6(2)8(5)7(3)4;1-4-6-8(3)7-5-2;1-7-5-3-2-4-6-7;1-5-7(4)6(2)3;1-7-4-2-6-3-5-7;1-6-2-4-7-5-3-6;1-4-6(3)5-2;1-3(8-2)4(5,6)7;1-4(6)3-5-2;2*1-3-4-5-2;1-4(2)3;2*1-3-4-2/h4-9H2,1-3H3;4-7H,3H2,1-2H3;2-6,9H,7H2,1H3;8H,2-7H2,1H3;3-7H,2H2,1H3;6-7H,1-5H3;4-7H2,1-3H3;2-6H2,1H3;6H,5H2,1-4H3;6H,2-5H2,1H3;2-5H2,1H3;4-5H2,1-3H3;3,8H,1-2H3;5H,3H2,1-2H3;5H,3-4H2,1-2H3;3,5H,1,4H2,2H3;1-3H3;4H,3H2,1-2H3;3-4H,1H2,2H3. The first kappa shape index (κ1) is 151. The highest BCUT2D eigenvalue weighted by atomic mass is 19.4. The molecular formula is C108H230F3N17O2. The number of Topliss-reactive ketones (excluding diaryl/α,β-unsaturated/α-hetero) is 1. The van der Waals surface area contributed by atoms with Crippen molar-refractivity contribution in [2.24, 2.45) is 5.92 Å². The minimum absolute atomic E-state index is 0.178. The number of carbonyl (C=O) groups is 1. The van der Waals surface area contributed by atoms with Crippen molar-refractivity contribution in [2.75, 3.05) is 264 Å². The minimum Gasteiger partial charge on any atom is -0.394 e. The number of morpholine rings is 1. The summed E-state index contributed by atoms with van der Waals surface area (Å²) in [5.74, 6) is 1.27. The first-order valence-corrected chi connectivity index (χ1v) is 50.5. The molecule has 7 rings (SSSR count). The Balaban J connectivity index is -0.000000114. The molecule has 3 saturated heterocycles. The number of carbonyl (C=O) groups excluding carboxylic acids is 1. The van der Waals surface area contributed by atoms with Gasteiger partial charge in [-0.2, -0.15) is 13.2 Å². The fourth-order valence-electron chi connectivity index (χ4n) is 10.3. The van der Waals surface area contributed by atoms with E-state index < -0.39 is 12.2 Å². The molecule has 0 bridgehead atoms. The van der Waals surface area contributed by atoms with Crippen LogP contribution in [0.3, 0.4) is 0 Å². The van der Waals surface area contributed by atoms with Crippen molar-refractivity contribution in [3.63, 3.8) is 0 Å². The maximum Gasteiger partial charge on any atom is 0.403 e. The molecule has 3 heterocycles. The van der Waals surface area contributed by atoms with Gasteiger partial charge in [0.25, 0.3) is 0 Å². The number of likely N-dealkylation sites (N-methyl/N-ethyl adjacent to an activating group) is 4. The number of hydrogen-bond donors (Lipinski definition) is 8. The topological polar surface area (TPSA) is 152 Å². The summed E-state index contributed by atoms with van der Waals surface area (Å²) >= 11 is 0. The highest BCUT2D eigenvalue weighted by Gasteiger charge is 2.34. The van der Waals surface area contributed by atoms with Gasteiger partial charge in [0.2, 0.25) is 0 Å². The molecule has 8 N–H and O–H groups in total. The van der Waals surface area contributed by atoms with E-state index in [1.54, 1.807) is 20.2 Å². The third-order valence-electron chi connectivity index (χ3n) is 20.3. The van der Waals surface area contributed by atoms with Crippen LogP contribution in [0.15, 0.2) is 110 Å². The number of unbranched alkanes of at least 4 members (excludes halogenated alkanes) is 2. The molecule has 1 aliphatic carbocycles. The van der Waals surface area contributed by atoms with E-state index in [4.69, 9.17) is 4.74 Å². The summed E-state index contributed by atoms with van der Waals surface area (Å²) in [4.78, 5) is 30.6. The van der Waals surface area contributed by atoms with Gasteiger partial charge >= 0.3 is 6.18 Å². The highest BCUT2D eigenvalue weighted by Crippen LogP contribution is 2.25. The number of piperidine rings is 1. The van der Waals surface area contributed by atoms with Crippen LogP contribution < -0.4 is 42.5 Å². The number of hydrogen-bond acceptors (Lipinski definition) is 19. The third kappa shape index (κ3) is 149. The predicted molar refractivity (Wildman–Crippen MR) is 584 cm³/mol. The van der Waals surface area contributed by atoms with Crippen molar-refractivity contribution in [1.29, 1.82) is 0 Å². The molecule has 780 valence electrons. The number of alkyl halides is 3. The van der Waals surface area contributed by atoms with Crippen LogP contribution in [0, 0.1) is 12.8 Å². The van der Waals surface area contributed by atoms with Crippen molar-refractivity contribution in [3.8, 4) is 0 Å². The quantitative estimate of drug-likeness (QED) is 0.0299. The summed E-state index contributed by atoms with van der Waals surface area (Å²) in [6.45, 7) is 75.6. The summed E-state index contributed by atoms with van der Waals surface area (Å²) < 4.78 is 39.3. The number of ketones is 1. The molecule has 4 fully saturated rings. The maximum atomic E-state index is 11.4. The van der Waals surface area contributed by atoms with Crippen molar-refractivity contribution < 1.29 is 22.7 Å². The average Bonchev–Trinajstić information content (AvgIpc) is 0.925. The molecule has 1 atom stereocenters. The van der Waals surface area contributed by atoms with Crippen LogP contribution in [-0.2, 0) is 28.9 Å². The lowest BCUT2D eigenvalue weighted by atomic mass is 9.88. The SMILES string of the molecule is C=CCNC.C=CNC.CC(C)N(C)C(C)C.CCC1CCCCC1.CCCCN(C)CCCC.CCCN(C)CCC.CCCNC.CCN(C)C(C)C.CCN(C)CC.CCNC.CCc1ccc(C)cc1.CCc1ccccc1.CN(C)C.CN1CCCCC1.CN1CCNCC1.CN1CCOCC1.CNC(C)C(F)(F)F.CNCC(C)=O.CNCc1ccccc1. The second-order valence-electron chi connectivity index (χ2n) is 34.5. The Morgan fingerprint density at radius 2 is 0.900 bits per heavy atom. The summed E-state index contributed by atoms with van der Waals surface area (Å²) in [6, 6.07) is 30.1. The van der Waals surface area contributed by atoms with Gasteiger partial charge < -0.3 is 91.4 Å². The number of rotatable bonds is 30. The molecule has 130 heavy (non-hydrogen) atoms. The number of likely N-dealkylation sites (tertiary alicyclic amines) is 1. The van der Waals surface area contributed by atoms with Gasteiger partial charge in [-0.15, -0.1) is 6.58 Å². The monoisotopic (exact) mass is 1850 g/mol. The van der Waals surface area contributed by atoms with Crippen LogP contribution in [0.2, 0.25) is 0 Å². The van der Waals surface area contributed by atoms with E-state index in [0.717, 1.165) is 111 Å². The Bertz CT molecular complexity index is 2380. The first-order valence-electron chi connectivity index (χ1n) is 50.5. The van der Waals surface area contributed by atoms with Crippen LogP contribution in [0.4, 0.5) is 13.2 Å². The van der Waals surface area contributed by atoms with Crippen LogP contribution in [0.25, 0.3) is 0 Å². The number of nitrogens with zero attached hydrogens (tertiary/aromatic N) is 9. The number of ether oxygens (including phenoxy) is 1. The molecule has 0 amide bonds. The Morgan fingerprint density at radius 3 is 1.08 bits per heavy atom. The van der Waals surface area contributed by atoms with Gasteiger partial charge in [0.1, 0.15) is 11.8 Å². The lowest BCUT2D eigenvalue weighted by Gasteiger charge is -2.24. The summed E-state index contributed by atoms with van der Waals surface area (Å²) in [6.07, 6.45) is 23.9. The second-order valence-corrected chi connectivity index (χ2v) is 34.5. The van der Waals surface area contributed by atoms with Gasteiger partial charge in [-0.25, -0.2) is 0 Å². The van der Waals surface area contributed by atoms with Gasteiger partial charge in [0, 0.05) is 77.5 Å². The normalized spacial score (nSPS) is 13.3. The second kappa shape index (κ2) is 125. The van der Waals surface area contributed by atoms with Gasteiger partial charge in [0.15, 0.2) is 0 Å². The van der Waals surface area contributed by atoms with Crippen molar-refractivity contribution in [1.82, 2.24) is 86.6 Å². The zero-order valence-corrected chi connectivity index (χ0v) is 93.8. The van der Waals surface area contributed by atoms with Gasteiger partial charge in [0.05, 0.1) is 19.8 Å². The molecule has 0 spiro atoms. The Morgan fingerprint density at radius 1 is 0.500 bits per heavy atom. The molecule has 22 heteroatoms. The number of piperazine rings is 1. The number of benzene rings is 3. The van der Waals surface area contributed by atoms with Gasteiger partial charge in [-0.3, -0.25) is 4.79 Å². The smallest absolute Gasteiger partial charge is 0.394 e. The molecular weight excluding hydrogens is 1620 g/mol. The molecule has 3 aliphatic heterocycles. The molecule has 3 aromatic carbocycles. The van der Waals surface area contributed by atoms with Crippen LogP contribution >= 0.6 is 0 Å². The van der Waals surface area contributed by atoms with E-state index in [2.05, 4.69) is 343 Å². The summed E-state index contributed by atoms with van der Waals surface area (Å²) in [5, 5.41) is 22.7. The molecule has 1 saturated carbocycles. The van der Waals surface area contributed by atoms with Gasteiger partial charge in [-0.1, -0.05) is 244 Å². The van der Waals surface area contributed by atoms with E-state index in [9.17, 15) is 18.0 Å². The molecule has 4 aliphatic rings. The number of aryl methyl sites for hydroxylation is 3. The molecule has 3 aromatic rings. The van der Waals surface area contributed by atoms with Crippen LogP contribution in [0.5, 0.6) is 0 Å². The van der Waals surface area contributed by atoms with Crippen molar-refractivity contribution >= 4 is 5.78 Å². The highest BCUT2D eigenvalue weighted by molar-refractivity contribution is 5.77. The zero-order valence-electron chi connectivity index (χ0n) is 93.8. The minimum atomic E-state index is -4.10. The Kier molecular flexibility index (Phi) is 145. The average molecular weight is 1860 g/mol. The summed E-state index contributed by atoms with van der Waals surface area (Å²) in [7, 11) is 35.8. The maximum absolute atomic E-state index is 11.4. The molecule has 1 unspecified atom stereocenters. The Labute approximate surface area is 811 Å². The fourth-order valence-corrected chi connectivity index (χ4v) is 10.3. The third-order valence-corrected chi connectivity index (χ3v) is 20.3. The molecule has 19 nitrogen and oxygen atoms in total. The fraction of sp³-hybridized carbons (Fsp3) is 0.787. The predicted octanol–water partition coefficient (Wildman–Crippen LogP) is 20.8. The lowest BCUT2D eigenvalue weighted by molar-refractivity contribution is -0.150. The van der Waals surface area contributed by atoms with E-state index in [1.807, 2.05) is 91.6 Å². The Hall–Kier alpha value is -4.28. The number of nitrogens with one attached hydrogen (secondary N) is 8. The van der Waals surface area contributed by atoms with Gasteiger partial charge in [-0.05, 0) is 341 Å². The first-order chi connectivity index (χ1) is 61.6. The van der Waals surface area contributed by atoms with E-state index in [0.29, 0.717) is 24.7 Å². The zero-order chi connectivity index (χ0) is 102. The van der Waals surface area contributed by atoms with Crippen LogP contribution in [-0.4, -0.2) is 345 Å². The van der Waals surface area contributed by atoms with Crippen molar-refractivity contribution in [2.45, 2.75) is 298 Å². The number of halogens is 3. The van der Waals surface area contributed by atoms with E-state index in [1.165, 1.54) is 184 Å². The largest absolute Gasteiger partial charge is 0.403 e.